The van der Waals surface area contributed by atoms with Crippen LogP contribution in [-0.2, 0) is 4.74 Å². The number of nitrogens with zero attached hydrogens (tertiary/aromatic N) is 3. The van der Waals surface area contributed by atoms with Crippen molar-refractivity contribution in [2.75, 3.05) is 33.3 Å². The first kappa shape index (κ1) is 18.3. The molecule has 0 spiro atoms. The molecule has 1 fully saturated rings. The molecular weight excluding hydrogens is 358 g/mol. The molecule has 0 unspecified atom stereocenters. The lowest BCUT2D eigenvalue weighted by molar-refractivity contribution is 0.0593. The van der Waals surface area contributed by atoms with Gasteiger partial charge in [0.25, 0.3) is 0 Å². The Bertz CT molecular complexity index is 839. The van der Waals surface area contributed by atoms with Gasteiger partial charge in [-0.1, -0.05) is 17.7 Å². The van der Waals surface area contributed by atoms with E-state index in [1.807, 2.05) is 12.1 Å². The van der Waals surface area contributed by atoms with E-state index < -0.39 is 5.97 Å². The van der Waals surface area contributed by atoms with Gasteiger partial charge in [0.1, 0.15) is 10.8 Å². The Kier molecular flexibility index (Phi) is 5.18. The fourth-order valence-electron chi connectivity index (χ4n) is 2.68. The maximum atomic E-state index is 12.1. The molecule has 1 heterocycles. The van der Waals surface area contributed by atoms with Gasteiger partial charge in [0.2, 0.25) is 0 Å². The molecule has 0 atom stereocenters. The van der Waals surface area contributed by atoms with Crippen LogP contribution in [0.3, 0.4) is 0 Å². The Morgan fingerprint density at radius 3 is 2.50 bits per heavy atom. The van der Waals surface area contributed by atoms with E-state index in [-0.39, 0.29) is 16.6 Å². The van der Waals surface area contributed by atoms with E-state index >= 15 is 0 Å². The highest BCUT2D eigenvalue weighted by molar-refractivity contribution is 6.35. The van der Waals surface area contributed by atoms with Crippen molar-refractivity contribution in [3.8, 4) is 11.5 Å². The molecule has 1 aromatic carbocycles. The molecule has 26 heavy (non-hydrogen) atoms. The van der Waals surface area contributed by atoms with Gasteiger partial charge >= 0.3 is 5.97 Å². The molecule has 3 rings (SSSR count). The van der Waals surface area contributed by atoms with Crippen LogP contribution in [0.1, 0.15) is 35.1 Å². The van der Waals surface area contributed by atoms with Crippen LogP contribution in [0.4, 0.5) is 11.5 Å². The monoisotopic (exact) mass is 377 g/mol. The smallest absolute Gasteiger partial charge is 0.358 e. The van der Waals surface area contributed by atoms with E-state index in [1.54, 1.807) is 32.2 Å². The van der Waals surface area contributed by atoms with E-state index in [9.17, 15) is 4.79 Å². The molecule has 1 aliphatic carbocycles. The summed E-state index contributed by atoms with van der Waals surface area (Å²) in [7, 11) is 6.22. The third-order valence-electron chi connectivity index (χ3n) is 4.23. The number of carbonyl (C=O) groups excluding carboxylic acids is 1. The molecule has 0 bridgehead atoms. The normalized spacial score (nSPS) is 13.3. The molecule has 0 radical (unpaired) electrons. The van der Waals surface area contributed by atoms with Crippen LogP contribution < -0.4 is 14.4 Å². The van der Waals surface area contributed by atoms with Gasteiger partial charge in [-0.2, -0.15) is 0 Å². The lowest BCUT2D eigenvalue weighted by Gasteiger charge is -2.24. The van der Waals surface area contributed by atoms with Gasteiger partial charge in [-0.3, -0.25) is 0 Å². The van der Waals surface area contributed by atoms with E-state index in [0.717, 1.165) is 12.8 Å². The van der Waals surface area contributed by atoms with Crippen LogP contribution in [0.25, 0.3) is 0 Å². The van der Waals surface area contributed by atoms with Gasteiger partial charge in [0.05, 0.1) is 27.0 Å². The van der Waals surface area contributed by atoms with Gasteiger partial charge in [-0.25, -0.2) is 14.8 Å². The Morgan fingerprint density at radius 2 is 1.92 bits per heavy atom. The summed E-state index contributed by atoms with van der Waals surface area (Å²) < 4.78 is 15.7. The van der Waals surface area contributed by atoms with Gasteiger partial charge in [0, 0.05) is 13.0 Å². The highest BCUT2D eigenvalue weighted by atomic mass is 35.5. The number of rotatable bonds is 6. The minimum absolute atomic E-state index is 0.0646. The number of esters is 1. The zero-order chi connectivity index (χ0) is 18.8. The predicted octanol–water partition coefficient (Wildman–Crippen LogP) is 3.58. The topological polar surface area (TPSA) is 73.8 Å². The molecule has 7 nitrogen and oxygen atoms in total. The number of anilines is 2. The number of halogens is 1. The van der Waals surface area contributed by atoms with Crippen molar-refractivity contribution in [2.45, 2.75) is 18.8 Å². The number of carbonyl (C=O) groups is 1. The van der Waals surface area contributed by atoms with Crippen molar-refractivity contribution in [1.29, 1.82) is 0 Å². The zero-order valence-corrected chi connectivity index (χ0v) is 15.8. The number of para-hydroxylation sites is 1. The summed E-state index contributed by atoms with van der Waals surface area (Å²) in [6.45, 7) is 0. The van der Waals surface area contributed by atoms with E-state index in [0.29, 0.717) is 28.8 Å². The third kappa shape index (κ3) is 3.26. The second-order valence-corrected chi connectivity index (χ2v) is 6.28. The summed E-state index contributed by atoms with van der Waals surface area (Å²) >= 11 is 6.45. The van der Waals surface area contributed by atoms with Gasteiger partial charge < -0.3 is 19.1 Å². The maximum absolute atomic E-state index is 12.1. The fraction of sp³-hybridized carbons (Fsp3) is 0.389. The SMILES string of the molecule is COC(=O)c1nc(C2CC2)nc(N(C)c2cccc(OC)c2OC)c1Cl. The lowest BCUT2D eigenvalue weighted by atomic mass is 10.2. The minimum Gasteiger partial charge on any atom is -0.493 e. The third-order valence-corrected chi connectivity index (χ3v) is 4.58. The summed E-state index contributed by atoms with van der Waals surface area (Å²) in [5, 5.41) is 0.133. The van der Waals surface area contributed by atoms with Crippen molar-refractivity contribution < 1.29 is 19.0 Å². The number of hydrogen-bond acceptors (Lipinski definition) is 7. The quantitative estimate of drug-likeness (QED) is 0.712. The summed E-state index contributed by atoms with van der Waals surface area (Å²) in [6, 6.07) is 5.49. The molecule has 8 heteroatoms. The van der Waals surface area contributed by atoms with E-state index in [2.05, 4.69) is 9.97 Å². The maximum Gasteiger partial charge on any atom is 0.358 e. The number of hydrogen-bond donors (Lipinski definition) is 0. The van der Waals surface area contributed by atoms with Crippen LogP contribution in [0.2, 0.25) is 5.02 Å². The number of methoxy groups -OCH3 is 3. The minimum atomic E-state index is -0.591. The average Bonchev–Trinajstić information content (AvgIpc) is 3.51. The van der Waals surface area contributed by atoms with Crippen molar-refractivity contribution in [2.24, 2.45) is 0 Å². The number of aromatic nitrogens is 2. The summed E-state index contributed by atoms with van der Waals surface area (Å²) in [6.07, 6.45) is 1.99. The Labute approximate surface area is 156 Å². The van der Waals surface area contributed by atoms with Crippen molar-refractivity contribution in [3.63, 3.8) is 0 Å². The van der Waals surface area contributed by atoms with Gasteiger partial charge in [-0.05, 0) is 25.0 Å². The van der Waals surface area contributed by atoms with Crippen LogP contribution in [0.5, 0.6) is 11.5 Å². The van der Waals surface area contributed by atoms with E-state index in [1.165, 1.54) is 7.11 Å². The summed E-state index contributed by atoms with van der Waals surface area (Å²) in [4.78, 5) is 22.8. The molecule has 0 aliphatic heterocycles. The molecular formula is C18H20ClN3O4. The second-order valence-electron chi connectivity index (χ2n) is 5.91. The average molecular weight is 378 g/mol. The predicted molar refractivity (Wildman–Crippen MR) is 98.0 cm³/mol. The molecule has 1 aliphatic rings. The number of ether oxygens (including phenoxy) is 3. The Morgan fingerprint density at radius 1 is 1.19 bits per heavy atom. The lowest BCUT2D eigenvalue weighted by Crippen LogP contribution is -2.18. The summed E-state index contributed by atoms with van der Waals surface area (Å²) in [5.41, 5.74) is 0.764. The molecule has 0 N–H and O–H groups in total. The molecule has 2 aromatic rings. The second kappa shape index (κ2) is 7.37. The van der Waals surface area contributed by atoms with Crippen molar-refractivity contribution in [3.05, 3.63) is 34.7 Å². The number of benzene rings is 1. The van der Waals surface area contributed by atoms with Crippen LogP contribution >= 0.6 is 11.6 Å². The first-order valence-electron chi connectivity index (χ1n) is 8.12. The van der Waals surface area contributed by atoms with Gasteiger partial charge in [-0.15, -0.1) is 0 Å². The van der Waals surface area contributed by atoms with Gasteiger partial charge in [0.15, 0.2) is 23.0 Å². The summed E-state index contributed by atoms with van der Waals surface area (Å²) in [5.74, 6) is 1.79. The van der Waals surface area contributed by atoms with Crippen LogP contribution in [0.15, 0.2) is 18.2 Å². The first-order valence-corrected chi connectivity index (χ1v) is 8.50. The van der Waals surface area contributed by atoms with Crippen molar-refractivity contribution >= 4 is 29.1 Å². The van der Waals surface area contributed by atoms with Crippen LogP contribution in [-0.4, -0.2) is 44.3 Å². The van der Waals surface area contributed by atoms with Crippen molar-refractivity contribution in [1.82, 2.24) is 9.97 Å². The molecule has 0 amide bonds. The Hall–Kier alpha value is -2.54. The Balaban J connectivity index is 2.14. The highest BCUT2D eigenvalue weighted by Gasteiger charge is 2.31. The van der Waals surface area contributed by atoms with Crippen LogP contribution in [0, 0.1) is 0 Å². The molecule has 0 saturated heterocycles. The molecule has 138 valence electrons. The highest BCUT2D eigenvalue weighted by Crippen LogP contribution is 2.43. The molecule has 1 aromatic heterocycles. The standard InChI is InChI=1S/C18H20ClN3O4/c1-22(11-6-5-7-12(24-2)15(11)25-3)17-13(19)14(18(23)26-4)20-16(21-17)10-8-9-10/h5-7,10H,8-9H2,1-4H3. The zero-order valence-electron chi connectivity index (χ0n) is 15.1. The fourth-order valence-corrected chi connectivity index (χ4v) is 2.97. The van der Waals surface area contributed by atoms with E-state index in [4.69, 9.17) is 25.8 Å². The largest absolute Gasteiger partial charge is 0.493 e. The molecule has 1 saturated carbocycles. The first-order chi connectivity index (χ1) is 12.5.